The predicted octanol–water partition coefficient (Wildman–Crippen LogP) is 3.40. The molecule has 0 N–H and O–H groups in total. The van der Waals surface area contributed by atoms with Gasteiger partial charge >= 0.3 is 5.97 Å². The monoisotopic (exact) mass is 343 g/mol. The van der Waals surface area contributed by atoms with E-state index in [1.807, 2.05) is 24.3 Å². The lowest BCUT2D eigenvalue weighted by Gasteiger charge is -2.21. The summed E-state index contributed by atoms with van der Waals surface area (Å²) in [6.07, 6.45) is 0.134. The van der Waals surface area contributed by atoms with Crippen molar-refractivity contribution in [3.8, 4) is 0 Å². The number of amides is 1. The van der Waals surface area contributed by atoms with E-state index in [1.54, 1.807) is 36.1 Å². The highest BCUT2D eigenvalue weighted by Gasteiger charge is 2.29. The summed E-state index contributed by atoms with van der Waals surface area (Å²) < 4.78 is 5.31. The molecule has 1 amide bonds. The van der Waals surface area contributed by atoms with E-state index in [-0.39, 0.29) is 12.3 Å². The molecule has 0 aliphatic carbocycles. The Morgan fingerprint density at radius 1 is 1.17 bits per heavy atom. The highest BCUT2D eigenvalue weighted by atomic mass is 35.5. The first-order chi connectivity index (χ1) is 11.5. The van der Waals surface area contributed by atoms with Gasteiger partial charge in [0.05, 0.1) is 6.42 Å². The van der Waals surface area contributed by atoms with Gasteiger partial charge in [0.2, 0.25) is 0 Å². The molecule has 1 atom stereocenters. The maximum Gasteiger partial charge on any atom is 0.311 e. The lowest BCUT2D eigenvalue weighted by Crippen LogP contribution is -2.39. The lowest BCUT2D eigenvalue weighted by atomic mass is 10.1. The average Bonchev–Trinajstić information content (AvgIpc) is 3.00. The van der Waals surface area contributed by atoms with Crippen LogP contribution in [-0.4, -0.2) is 24.5 Å². The van der Waals surface area contributed by atoms with E-state index < -0.39 is 12.1 Å². The van der Waals surface area contributed by atoms with Gasteiger partial charge in [-0.3, -0.25) is 9.59 Å². The van der Waals surface area contributed by atoms with Gasteiger partial charge in [-0.25, -0.2) is 0 Å². The number of hydrogen-bond donors (Lipinski definition) is 0. The van der Waals surface area contributed by atoms with Gasteiger partial charge in [-0.1, -0.05) is 41.9 Å². The van der Waals surface area contributed by atoms with Gasteiger partial charge < -0.3 is 9.64 Å². The summed E-state index contributed by atoms with van der Waals surface area (Å²) in [6.45, 7) is 2.24. The Hall–Kier alpha value is -2.33. The van der Waals surface area contributed by atoms with Crippen LogP contribution in [0.5, 0.6) is 0 Å². The van der Waals surface area contributed by atoms with Crippen LogP contribution in [0, 0.1) is 0 Å². The minimum atomic E-state index is -0.809. The Balaban J connectivity index is 1.60. The van der Waals surface area contributed by atoms with E-state index in [1.165, 1.54) is 0 Å². The lowest BCUT2D eigenvalue weighted by molar-refractivity contribution is -0.153. The molecule has 1 unspecified atom stereocenters. The molecule has 0 saturated carbocycles. The van der Waals surface area contributed by atoms with E-state index in [0.717, 1.165) is 23.2 Å². The summed E-state index contributed by atoms with van der Waals surface area (Å²) >= 11 is 5.82. The van der Waals surface area contributed by atoms with E-state index in [0.29, 0.717) is 11.6 Å². The molecule has 2 aromatic carbocycles. The molecular formula is C19H18ClNO3. The summed E-state index contributed by atoms with van der Waals surface area (Å²) in [5.41, 5.74) is 2.85. The van der Waals surface area contributed by atoms with Crippen molar-refractivity contribution in [1.82, 2.24) is 0 Å². The number of esters is 1. The van der Waals surface area contributed by atoms with Crippen LogP contribution >= 0.6 is 11.6 Å². The number of carbonyl (C=O) groups is 2. The number of fused-ring (bicyclic) bond motifs is 1. The summed E-state index contributed by atoms with van der Waals surface area (Å²) in [7, 11) is 0. The molecule has 3 rings (SSSR count). The number of carbonyl (C=O) groups excluding carboxylic acids is 2. The van der Waals surface area contributed by atoms with Crippen LogP contribution in [0.2, 0.25) is 5.02 Å². The zero-order valence-electron chi connectivity index (χ0n) is 13.4. The Morgan fingerprint density at radius 3 is 2.62 bits per heavy atom. The number of para-hydroxylation sites is 1. The van der Waals surface area contributed by atoms with Crippen molar-refractivity contribution in [3.05, 3.63) is 64.7 Å². The summed E-state index contributed by atoms with van der Waals surface area (Å²) in [4.78, 5) is 26.3. The number of anilines is 1. The molecule has 0 fully saturated rings. The smallest absolute Gasteiger partial charge is 0.311 e. The maximum absolute atomic E-state index is 12.6. The second kappa shape index (κ2) is 7.05. The second-order valence-electron chi connectivity index (χ2n) is 5.80. The quantitative estimate of drug-likeness (QED) is 0.799. The largest absolute Gasteiger partial charge is 0.452 e. The fourth-order valence-electron chi connectivity index (χ4n) is 2.84. The van der Waals surface area contributed by atoms with E-state index in [2.05, 4.69) is 0 Å². The Labute approximate surface area is 146 Å². The van der Waals surface area contributed by atoms with Crippen molar-refractivity contribution in [1.29, 1.82) is 0 Å². The normalized spacial score (nSPS) is 14.2. The molecule has 1 aliphatic heterocycles. The van der Waals surface area contributed by atoms with Gasteiger partial charge in [0.1, 0.15) is 0 Å². The SMILES string of the molecule is CC(OC(=O)Cc1ccc(Cl)cc1)C(=O)N1CCc2ccccc21. The van der Waals surface area contributed by atoms with Crippen molar-refractivity contribution in [2.75, 3.05) is 11.4 Å². The number of halogens is 1. The number of ether oxygens (including phenoxy) is 1. The third-order valence-corrected chi connectivity index (χ3v) is 4.32. The average molecular weight is 344 g/mol. The topological polar surface area (TPSA) is 46.6 Å². The molecule has 5 heteroatoms. The molecule has 2 aromatic rings. The van der Waals surface area contributed by atoms with Gasteiger partial charge in [0.25, 0.3) is 5.91 Å². The molecule has 0 bridgehead atoms. The van der Waals surface area contributed by atoms with Crippen molar-refractivity contribution in [2.24, 2.45) is 0 Å². The maximum atomic E-state index is 12.6. The number of benzene rings is 2. The first-order valence-corrected chi connectivity index (χ1v) is 8.25. The molecule has 1 heterocycles. The van der Waals surface area contributed by atoms with Crippen LogP contribution in [-0.2, 0) is 27.2 Å². The van der Waals surface area contributed by atoms with Gasteiger partial charge in [0, 0.05) is 17.3 Å². The molecule has 0 aromatic heterocycles. The minimum absolute atomic E-state index is 0.116. The van der Waals surface area contributed by atoms with Gasteiger partial charge in [-0.2, -0.15) is 0 Å². The summed E-state index contributed by atoms with van der Waals surface area (Å²) in [5, 5.41) is 0.614. The minimum Gasteiger partial charge on any atom is -0.452 e. The second-order valence-corrected chi connectivity index (χ2v) is 6.24. The van der Waals surface area contributed by atoms with Crippen molar-refractivity contribution < 1.29 is 14.3 Å². The Kier molecular flexibility index (Phi) is 4.86. The summed E-state index contributed by atoms with van der Waals surface area (Å²) in [6, 6.07) is 14.8. The van der Waals surface area contributed by atoms with E-state index >= 15 is 0 Å². The highest BCUT2D eigenvalue weighted by molar-refractivity contribution is 6.30. The molecule has 124 valence electrons. The number of hydrogen-bond acceptors (Lipinski definition) is 3. The predicted molar refractivity (Wildman–Crippen MR) is 93.2 cm³/mol. The number of nitrogens with zero attached hydrogens (tertiary/aromatic N) is 1. The molecule has 1 aliphatic rings. The molecule has 24 heavy (non-hydrogen) atoms. The van der Waals surface area contributed by atoms with Crippen LogP contribution in [0.15, 0.2) is 48.5 Å². The van der Waals surface area contributed by atoms with Crippen molar-refractivity contribution >= 4 is 29.2 Å². The molecule has 0 saturated heterocycles. The van der Waals surface area contributed by atoms with Crippen LogP contribution in [0.25, 0.3) is 0 Å². The van der Waals surface area contributed by atoms with Crippen LogP contribution in [0.4, 0.5) is 5.69 Å². The summed E-state index contributed by atoms with van der Waals surface area (Å²) in [5.74, 6) is -0.616. The Morgan fingerprint density at radius 2 is 1.88 bits per heavy atom. The molecule has 0 spiro atoms. The van der Waals surface area contributed by atoms with Crippen molar-refractivity contribution in [2.45, 2.75) is 25.9 Å². The van der Waals surface area contributed by atoms with Gasteiger partial charge in [-0.05, 0) is 42.7 Å². The Bertz CT molecular complexity index is 757. The zero-order valence-corrected chi connectivity index (χ0v) is 14.1. The van der Waals surface area contributed by atoms with E-state index in [4.69, 9.17) is 16.3 Å². The third kappa shape index (κ3) is 3.60. The van der Waals surface area contributed by atoms with E-state index in [9.17, 15) is 9.59 Å². The fraction of sp³-hybridized carbons (Fsp3) is 0.263. The molecule has 4 nitrogen and oxygen atoms in total. The molecule has 0 radical (unpaired) electrons. The number of rotatable bonds is 4. The first-order valence-electron chi connectivity index (χ1n) is 7.88. The standard InChI is InChI=1S/C19H18ClNO3/c1-13(24-18(22)12-14-6-8-16(20)9-7-14)19(23)21-11-10-15-4-2-3-5-17(15)21/h2-9,13H,10-12H2,1H3. The highest BCUT2D eigenvalue weighted by Crippen LogP contribution is 2.28. The van der Waals surface area contributed by atoms with Crippen LogP contribution in [0.1, 0.15) is 18.1 Å². The van der Waals surface area contributed by atoms with Crippen molar-refractivity contribution in [3.63, 3.8) is 0 Å². The first kappa shape index (κ1) is 16.5. The molecular weight excluding hydrogens is 326 g/mol. The third-order valence-electron chi connectivity index (χ3n) is 4.07. The fourth-order valence-corrected chi connectivity index (χ4v) is 2.97. The zero-order chi connectivity index (χ0) is 17.1. The van der Waals surface area contributed by atoms with Crippen LogP contribution < -0.4 is 4.90 Å². The van der Waals surface area contributed by atoms with Crippen LogP contribution in [0.3, 0.4) is 0 Å². The van der Waals surface area contributed by atoms with Gasteiger partial charge in [-0.15, -0.1) is 0 Å². The van der Waals surface area contributed by atoms with Gasteiger partial charge in [0.15, 0.2) is 6.10 Å².